The summed E-state index contributed by atoms with van der Waals surface area (Å²) in [6, 6.07) is 5.36. The fourth-order valence-electron chi connectivity index (χ4n) is 3.12. The lowest BCUT2D eigenvalue weighted by molar-refractivity contribution is -0.106. The van der Waals surface area contributed by atoms with E-state index in [-0.39, 0.29) is 17.1 Å². The molecule has 0 unspecified atom stereocenters. The number of ether oxygens (including phenoxy) is 1. The van der Waals surface area contributed by atoms with Crippen molar-refractivity contribution in [2.45, 2.75) is 37.4 Å². The Kier molecular flexibility index (Phi) is 4.28. The molecule has 0 fully saturated rings. The molecule has 2 heterocycles. The van der Waals surface area contributed by atoms with Crippen LogP contribution in [0.3, 0.4) is 0 Å². The second-order valence-electron chi connectivity index (χ2n) is 7.28. The van der Waals surface area contributed by atoms with E-state index < -0.39 is 53.7 Å². The number of amides is 1. The summed E-state index contributed by atoms with van der Waals surface area (Å²) in [4.78, 5) is 19.9. The van der Waals surface area contributed by atoms with E-state index >= 15 is 0 Å². The van der Waals surface area contributed by atoms with E-state index in [0.29, 0.717) is 0 Å². The van der Waals surface area contributed by atoms with Crippen LogP contribution in [0.15, 0.2) is 41.5 Å². The van der Waals surface area contributed by atoms with Crippen LogP contribution in [0.25, 0.3) is 0 Å². The summed E-state index contributed by atoms with van der Waals surface area (Å²) >= 11 is 0. The van der Waals surface area contributed by atoms with E-state index in [2.05, 4.69) is 20.0 Å². The smallest absolute Gasteiger partial charge is 0.280 e. The van der Waals surface area contributed by atoms with Crippen molar-refractivity contribution in [2.75, 3.05) is 12.4 Å². The second kappa shape index (κ2) is 7.26. The summed E-state index contributed by atoms with van der Waals surface area (Å²) in [7, 11) is -2.70. The number of benzene rings is 1. The van der Waals surface area contributed by atoms with E-state index in [1.165, 1.54) is 12.1 Å². The van der Waals surface area contributed by atoms with Crippen LogP contribution in [0.1, 0.15) is 40.4 Å². The number of rotatable bonds is 4. The molecule has 0 saturated carbocycles. The third-order valence-electron chi connectivity index (χ3n) is 4.98. The average Bonchev–Trinajstić information content (AvgIpc) is 2.66. The number of nitrogens with two attached hydrogens (primary N) is 1. The van der Waals surface area contributed by atoms with Gasteiger partial charge in [0.15, 0.2) is 11.2 Å². The van der Waals surface area contributed by atoms with Crippen molar-refractivity contribution in [3.8, 4) is 5.75 Å². The van der Waals surface area contributed by atoms with Gasteiger partial charge in [0.2, 0.25) is 0 Å². The predicted molar refractivity (Wildman–Crippen MR) is 103 cm³/mol. The maximum absolute atomic E-state index is 14.9. The van der Waals surface area contributed by atoms with Crippen molar-refractivity contribution in [3.05, 3.63) is 53.6 Å². The molecule has 6 nitrogen and oxygen atoms in total. The SMILES string of the molecule is [2H]C([2H])([2H])Oc1ccc(C(=O)Nc2ccc(F)c([C@@]3(C)N=C(N)[C@@](C)(F)CC3(F)F)c2)nc1. The van der Waals surface area contributed by atoms with Gasteiger partial charge in [-0.2, -0.15) is 0 Å². The molecule has 3 rings (SSSR count). The summed E-state index contributed by atoms with van der Waals surface area (Å²) in [6.07, 6.45) is -0.275. The molecular formula is C20H20F4N4O2. The molecule has 160 valence electrons. The number of hydrogen-bond donors (Lipinski definition) is 2. The largest absolute Gasteiger partial charge is 0.495 e. The standard InChI is InChI=1S/C20H20F4N4O2/c1-18(22)10-20(23,24)19(2,28-17(18)25)13-8-11(4-6-14(13)21)27-16(29)15-7-5-12(30-3)9-26-15/h4-9H,10H2,1-3H3,(H2,25,28)(H,27,29)/t18-,19+/m0/s1/i3D3. The minimum Gasteiger partial charge on any atom is -0.495 e. The van der Waals surface area contributed by atoms with Gasteiger partial charge in [-0.15, -0.1) is 0 Å². The van der Waals surface area contributed by atoms with Gasteiger partial charge in [-0.25, -0.2) is 22.5 Å². The number of pyridine rings is 1. The zero-order chi connectivity index (χ0) is 24.8. The molecule has 0 spiro atoms. The van der Waals surface area contributed by atoms with Crippen molar-refractivity contribution < 1.29 is 31.2 Å². The first kappa shape index (κ1) is 17.7. The topological polar surface area (TPSA) is 89.6 Å². The number of anilines is 1. The van der Waals surface area contributed by atoms with Crippen LogP contribution in [0.5, 0.6) is 5.75 Å². The van der Waals surface area contributed by atoms with Gasteiger partial charge in [0, 0.05) is 11.3 Å². The zero-order valence-electron chi connectivity index (χ0n) is 19.0. The summed E-state index contributed by atoms with van der Waals surface area (Å²) in [5, 5.41) is 2.39. The lowest BCUT2D eigenvalue weighted by Gasteiger charge is -2.42. The van der Waals surface area contributed by atoms with Crippen LogP contribution in [0, 0.1) is 5.82 Å². The third-order valence-corrected chi connectivity index (χ3v) is 4.98. The predicted octanol–water partition coefficient (Wildman–Crippen LogP) is 3.82. The molecule has 0 radical (unpaired) electrons. The Balaban J connectivity index is 1.89. The molecular weight excluding hydrogens is 404 g/mol. The molecule has 2 aromatic rings. The average molecular weight is 427 g/mol. The van der Waals surface area contributed by atoms with E-state index in [1.807, 2.05) is 0 Å². The second-order valence-corrected chi connectivity index (χ2v) is 7.28. The molecule has 3 N–H and O–H groups in total. The fourth-order valence-corrected chi connectivity index (χ4v) is 3.12. The van der Waals surface area contributed by atoms with Gasteiger partial charge in [0.05, 0.1) is 23.8 Å². The highest BCUT2D eigenvalue weighted by Gasteiger charge is 2.60. The zero-order valence-corrected chi connectivity index (χ0v) is 16.0. The van der Waals surface area contributed by atoms with Crippen LogP contribution >= 0.6 is 0 Å². The van der Waals surface area contributed by atoms with Crippen LogP contribution in [-0.4, -0.2) is 35.4 Å². The summed E-state index contributed by atoms with van der Waals surface area (Å²) in [6.45, 7) is 1.80. The van der Waals surface area contributed by atoms with Crippen molar-refractivity contribution in [3.63, 3.8) is 0 Å². The van der Waals surface area contributed by atoms with Crippen molar-refractivity contribution in [1.82, 2.24) is 4.98 Å². The van der Waals surface area contributed by atoms with Crippen molar-refractivity contribution in [2.24, 2.45) is 10.7 Å². The molecule has 1 amide bonds. The van der Waals surface area contributed by atoms with Crippen molar-refractivity contribution >= 4 is 17.4 Å². The Morgan fingerprint density at radius 3 is 2.63 bits per heavy atom. The van der Waals surface area contributed by atoms with Gasteiger partial charge >= 0.3 is 0 Å². The van der Waals surface area contributed by atoms with E-state index in [4.69, 9.17) is 9.85 Å². The van der Waals surface area contributed by atoms with Crippen LogP contribution < -0.4 is 15.8 Å². The first-order valence-corrected chi connectivity index (χ1v) is 8.73. The highest BCUT2D eigenvalue weighted by atomic mass is 19.3. The lowest BCUT2D eigenvalue weighted by atomic mass is 9.77. The molecule has 0 saturated heterocycles. The van der Waals surface area contributed by atoms with Crippen LogP contribution in [0.2, 0.25) is 0 Å². The van der Waals surface area contributed by atoms with Gasteiger partial charge in [0.25, 0.3) is 11.8 Å². The Bertz CT molecular complexity index is 1110. The number of amidine groups is 1. The van der Waals surface area contributed by atoms with E-state index in [1.54, 1.807) is 0 Å². The number of aliphatic imine (C=N–C) groups is 1. The molecule has 0 aliphatic carbocycles. The number of hydrogen-bond acceptors (Lipinski definition) is 5. The monoisotopic (exact) mass is 427 g/mol. The first-order valence-electron chi connectivity index (χ1n) is 10.2. The van der Waals surface area contributed by atoms with Crippen molar-refractivity contribution in [1.29, 1.82) is 0 Å². The number of carbonyl (C=O) groups excluding carboxylic acids is 1. The summed E-state index contributed by atoms with van der Waals surface area (Å²) in [5.41, 5.74) is -0.329. The molecule has 1 aliphatic rings. The minimum absolute atomic E-state index is 0.0552. The van der Waals surface area contributed by atoms with Gasteiger partial charge in [-0.3, -0.25) is 9.79 Å². The Hall–Kier alpha value is -3.17. The van der Waals surface area contributed by atoms with Crippen LogP contribution in [0.4, 0.5) is 23.2 Å². The maximum Gasteiger partial charge on any atom is 0.280 e. The number of carbonyl (C=O) groups is 1. The molecule has 1 aliphatic heterocycles. The number of nitrogens with zero attached hydrogens (tertiary/aromatic N) is 2. The molecule has 1 aromatic heterocycles. The minimum atomic E-state index is -3.79. The maximum atomic E-state index is 14.9. The van der Waals surface area contributed by atoms with Gasteiger partial charge in [-0.05, 0) is 44.2 Å². The number of aromatic nitrogens is 1. The molecule has 2 atom stereocenters. The van der Waals surface area contributed by atoms with Gasteiger partial charge < -0.3 is 15.8 Å². The Labute approximate surface area is 174 Å². The molecule has 0 bridgehead atoms. The molecule has 30 heavy (non-hydrogen) atoms. The normalized spacial score (nSPS) is 27.3. The molecule has 1 aromatic carbocycles. The number of halogens is 4. The first-order chi connectivity index (χ1) is 15.0. The lowest BCUT2D eigenvalue weighted by Crippen LogP contribution is -2.56. The molecule has 10 heteroatoms. The highest BCUT2D eigenvalue weighted by Crippen LogP contribution is 2.50. The number of alkyl halides is 3. The third kappa shape index (κ3) is 3.69. The van der Waals surface area contributed by atoms with E-state index in [9.17, 15) is 22.4 Å². The Morgan fingerprint density at radius 2 is 2.00 bits per heavy atom. The highest BCUT2D eigenvalue weighted by molar-refractivity contribution is 6.03. The Morgan fingerprint density at radius 1 is 1.27 bits per heavy atom. The summed E-state index contributed by atoms with van der Waals surface area (Å²) in [5.74, 6) is -6.40. The van der Waals surface area contributed by atoms with Gasteiger partial charge in [-0.1, -0.05) is 0 Å². The fraction of sp³-hybridized carbons (Fsp3) is 0.350. The number of methoxy groups -OCH3 is 1. The van der Waals surface area contributed by atoms with E-state index in [0.717, 1.165) is 38.2 Å². The van der Waals surface area contributed by atoms with Crippen LogP contribution in [-0.2, 0) is 5.54 Å². The quantitative estimate of drug-likeness (QED) is 0.726. The van der Waals surface area contributed by atoms with Gasteiger partial charge in [0.1, 0.15) is 23.1 Å². The summed E-state index contributed by atoms with van der Waals surface area (Å²) < 4.78 is 84.5. The number of nitrogens with one attached hydrogen (secondary N) is 1.